The van der Waals surface area contributed by atoms with Gasteiger partial charge in [0, 0.05) is 77.8 Å². The SMILES string of the molecule is C.C.C.C.CC1(C)c2c([nH+]cc3ccccc23)-c2c([O-])cc3ccc4ccccc4c3c21.CC1(C)c2c3[n+](cc4ccccc24)COc2cc4ccc5ccccc5c4c1c2-3.CC1(C)c2cc3cc4ccccc4cc3[n+]3c2-c2c(cc4ccc5ccccc5c4c21)OC3.CC1(C)c2ccc[n+]3c2-c2c(cc4ccc5ccccc5c4c21)OC3.[Be+2]. The van der Waals surface area contributed by atoms with Crippen LogP contribution in [0.4, 0.5) is 0 Å². The average Bonchev–Trinajstić information content (AvgIpc) is 1.56. The Kier molecular flexibility index (Phi) is 17.3. The summed E-state index contributed by atoms with van der Waals surface area (Å²) >= 11 is 0. The van der Waals surface area contributed by atoms with Gasteiger partial charge in [0.05, 0.1) is 16.7 Å². The van der Waals surface area contributed by atoms with Crippen molar-refractivity contribution in [2.24, 2.45) is 0 Å². The van der Waals surface area contributed by atoms with Crippen LogP contribution in [0, 0.1) is 0 Å². The molecule has 9 heteroatoms. The second kappa shape index (κ2) is 27.1. The van der Waals surface area contributed by atoms with Crippen LogP contribution in [0.25, 0.3) is 174 Å². The van der Waals surface area contributed by atoms with Gasteiger partial charge in [-0.25, -0.2) is 4.98 Å². The zero-order valence-electron chi connectivity index (χ0n) is 66.0. The molecule has 27 rings (SSSR count). The molecular weight excluding hydrogens is 1460 g/mol. The first-order chi connectivity index (χ1) is 56.0. The molecule has 4 aliphatic carbocycles. The second-order valence-corrected chi connectivity index (χ2v) is 34.7. The maximum Gasteiger partial charge on any atom is 2.00 e. The van der Waals surface area contributed by atoms with Gasteiger partial charge in [-0.15, -0.1) is 0 Å². The van der Waals surface area contributed by atoms with E-state index in [1.165, 1.54) is 197 Å². The van der Waals surface area contributed by atoms with Crippen molar-refractivity contribution >= 4 is 140 Å². The largest absolute Gasteiger partial charge is 2.00 e. The molecule has 7 heterocycles. The third-order valence-corrected chi connectivity index (χ3v) is 27.1. The molecular formula is C111H95BeN4O4+5. The molecule has 120 heavy (non-hydrogen) atoms. The van der Waals surface area contributed by atoms with E-state index in [0.29, 0.717) is 20.2 Å². The maximum atomic E-state index is 13.2. The average molecular weight is 1560 g/mol. The van der Waals surface area contributed by atoms with E-state index in [-0.39, 0.29) is 67.2 Å². The van der Waals surface area contributed by atoms with Gasteiger partial charge >= 0.3 is 10.1 Å². The number of aromatic nitrogens is 4. The first kappa shape index (κ1) is 76.6. The van der Waals surface area contributed by atoms with Crippen LogP contribution in [-0.4, -0.2) is 10.1 Å². The second-order valence-electron chi connectivity index (χ2n) is 34.7. The van der Waals surface area contributed by atoms with E-state index in [4.69, 9.17) is 14.2 Å². The molecule has 580 valence electrons. The van der Waals surface area contributed by atoms with Crippen LogP contribution in [-0.2, 0) is 41.9 Å². The number of ether oxygens (including phenoxy) is 3. The summed E-state index contributed by atoms with van der Waals surface area (Å²) in [6.07, 6.45) is 6.39. The Morgan fingerprint density at radius 1 is 0.300 bits per heavy atom. The summed E-state index contributed by atoms with van der Waals surface area (Å²) in [5, 5.41) is 42.4. The zero-order valence-corrected chi connectivity index (χ0v) is 66.0. The first-order valence-corrected chi connectivity index (χ1v) is 40.3. The van der Waals surface area contributed by atoms with E-state index in [9.17, 15) is 5.11 Å². The van der Waals surface area contributed by atoms with Gasteiger partial charge in [-0.3, -0.25) is 0 Å². The zero-order chi connectivity index (χ0) is 77.0. The summed E-state index contributed by atoms with van der Waals surface area (Å²) in [5.74, 6) is 3.15. The van der Waals surface area contributed by atoms with Gasteiger partial charge in [-0.1, -0.05) is 303 Å². The number of hydrogen-bond acceptors (Lipinski definition) is 4. The van der Waals surface area contributed by atoms with Crippen molar-refractivity contribution in [3.63, 3.8) is 0 Å². The number of H-pyrrole nitrogens is 1. The molecule has 20 aromatic rings. The maximum absolute atomic E-state index is 13.2. The molecule has 0 saturated heterocycles. The first-order valence-electron chi connectivity index (χ1n) is 40.3. The molecule has 0 amide bonds. The van der Waals surface area contributed by atoms with Crippen LogP contribution in [0.15, 0.2) is 292 Å². The third kappa shape index (κ3) is 10.3. The summed E-state index contributed by atoms with van der Waals surface area (Å²) in [4.78, 5) is 3.46. The van der Waals surface area contributed by atoms with Gasteiger partial charge in [0.1, 0.15) is 17.2 Å². The van der Waals surface area contributed by atoms with E-state index in [1.54, 1.807) is 6.07 Å². The van der Waals surface area contributed by atoms with Crippen molar-refractivity contribution in [2.75, 3.05) is 0 Å². The number of pyridine rings is 4. The summed E-state index contributed by atoms with van der Waals surface area (Å²) in [7, 11) is 0. The van der Waals surface area contributed by atoms with Crippen LogP contribution < -0.4 is 38.0 Å². The number of benzene rings is 16. The van der Waals surface area contributed by atoms with E-state index < -0.39 is 0 Å². The van der Waals surface area contributed by atoms with E-state index in [1.807, 2.05) is 6.20 Å². The molecule has 1 N–H and O–H groups in total. The Balaban J connectivity index is 0.000000105. The Hall–Kier alpha value is -13.4. The number of nitrogens with zero attached hydrogens (tertiary/aromatic N) is 3. The number of hydrogen-bond donors (Lipinski definition) is 0. The van der Waals surface area contributed by atoms with Crippen LogP contribution in [0.2, 0.25) is 0 Å². The number of fused-ring (bicyclic) bond motifs is 26. The Labute approximate surface area is 704 Å². The van der Waals surface area contributed by atoms with Crippen molar-refractivity contribution < 1.29 is 38.0 Å². The number of aromatic amines is 1. The normalized spacial score (nSPS) is 14.7. The Morgan fingerprint density at radius 2 is 0.683 bits per heavy atom. The molecule has 0 radical (unpaired) electrons. The number of nitrogens with one attached hydrogen (secondary N) is 1. The fraction of sp³-hybridized carbons (Fsp3) is 0.171. The van der Waals surface area contributed by atoms with E-state index >= 15 is 0 Å². The minimum Gasteiger partial charge on any atom is -0.872 e. The third-order valence-electron chi connectivity index (χ3n) is 27.1. The molecule has 4 aromatic heterocycles. The molecule has 0 atom stereocenters. The molecule has 7 aliphatic rings. The van der Waals surface area contributed by atoms with Crippen LogP contribution >= 0.6 is 0 Å². The molecule has 0 unspecified atom stereocenters. The predicted octanol–water partition coefficient (Wildman–Crippen LogP) is 25.8. The van der Waals surface area contributed by atoms with Gasteiger partial charge in [-0.2, -0.15) is 13.7 Å². The van der Waals surface area contributed by atoms with Gasteiger partial charge in [0.2, 0.25) is 28.3 Å². The molecule has 0 fully saturated rings. The monoisotopic (exact) mass is 1560 g/mol. The van der Waals surface area contributed by atoms with Gasteiger partial charge in [0.15, 0.2) is 18.6 Å². The van der Waals surface area contributed by atoms with Crippen molar-refractivity contribution in [1.29, 1.82) is 0 Å². The summed E-state index contributed by atoms with van der Waals surface area (Å²) in [6, 6.07) is 98.1. The molecule has 0 spiro atoms. The van der Waals surface area contributed by atoms with Crippen molar-refractivity contribution in [1.82, 2.24) is 0 Å². The van der Waals surface area contributed by atoms with E-state index in [0.717, 1.165) is 39.5 Å². The topological polar surface area (TPSA) is 76.5 Å². The fourth-order valence-electron chi connectivity index (χ4n) is 22.1. The number of rotatable bonds is 0. The predicted molar refractivity (Wildman–Crippen MR) is 497 cm³/mol. The van der Waals surface area contributed by atoms with E-state index in [2.05, 4.69) is 353 Å². The van der Waals surface area contributed by atoms with Gasteiger partial charge in [-0.05, 0) is 179 Å². The quantitative estimate of drug-likeness (QED) is 0.0656. The minimum atomic E-state index is -0.273. The van der Waals surface area contributed by atoms with Crippen LogP contribution in [0.3, 0.4) is 0 Å². The summed E-state index contributed by atoms with van der Waals surface area (Å²) in [5.41, 5.74) is 21.1. The van der Waals surface area contributed by atoms with Crippen LogP contribution in [0.1, 0.15) is 130 Å². The van der Waals surface area contributed by atoms with Crippen molar-refractivity contribution in [3.05, 3.63) is 336 Å². The van der Waals surface area contributed by atoms with Crippen molar-refractivity contribution in [3.8, 4) is 68.0 Å². The molecule has 8 nitrogen and oxygen atoms in total. The minimum absolute atomic E-state index is 0. The van der Waals surface area contributed by atoms with Crippen molar-refractivity contribution in [2.45, 2.75) is 127 Å². The fourth-order valence-corrected chi connectivity index (χ4v) is 22.1. The van der Waals surface area contributed by atoms with Crippen LogP contribution in [0.5, 0.6) is 23.0 Å². The molecule has 0 saturated carbocycles. The summed E-state index contributed by atoms with van der Waals surface area (Å²) < 4.78 is 25.8. The standard InChI is InChI=1S/C31H22NO.C27H20NO.C26H19NO.C23H18NO.4CH4.Be/c1-31(2)24-14-22-13-19-8-3-4-9-20(19)15-25(22)32-17-33-26-16-21-12-11-18-7-5-6-10-23(18)27(21)29(31)28(26)30(24)32;1-27(2)24-20-10-6-4-8-18(20)14-28-15-29-21-13-17-12-11-16-7-3-5-9-19(16)22(17)25(27)23(21)26(24)28;1-26(2)23-19-10-6-4-8-17(19)14-27-25(23)22-20(28)13-16-12-11-15-7-3-5-9-18(15)21(16)24(22)26;1-23(2)17-8-5-11-24-13-25-18-12-15-10-9-14-6-3-4-7-16(14)19(15)21(23)20(18)22(17)24;;;;;/h3-16H,17H2,1-2H3;3-14H,15H2,1-2H3;3-14,28H,1-2H3;3-12H,13H2,1-2H3;4*1H4;/q2*+1;;+1;;;;;+2. The molecule has 16 aromatic carbocycles. The Morgan fingerprint density at radius 3 is 1.21 bits per heavy atom. The van der Waals surface area contributed by atoms with Gasteiger partial charge < -0.3 is 19.3 Å². The van der Waals surface area contributed by atoms with Gasteiger partial charge in [0.25, 0.3) is 20.2 Å². The molecule has 0 bridgehead atoms. The smallest absolute Gasteiger partial charge is 0.872 e. The summed E-state index contributed by atoms with van der Waals surface area (Å²) in [6.45, 7) is 20.4. The Bertz CT molecular complexity index is 7890. The molecule has 3 aliphatic heterocycles.